The van der Waals surface area contributed by atoms with Crippen molar-refractivity contribution in [2.24, 2.45) is 0 Å². The highest BCUT2D eigenvalue weighted by Gasteiger charge is 2.15. The number of anilines is 1. The van der Waals surface area contributed by atoms with Crippen LogP contribution in [-0.4, -0.2) is 40.5 Å². The Bertz CT molecular complexity index is 429. The van der Waals surface area contributed by atoms with Gasteiger partial charge in [-0.3, -0.25) is 9.69 Å². The molecule has 0 aliphatic rings. The molecule has 114 valence electrons. The minimum atomic E-state index is -0.0592. The summed E-state index contributed by atoms with van der Waals surface area (Å²) in [4.78, 5) is 14.5. The van der Waals surface area contributed by atoms with E-state index in [4.69, 9.17) is 5.73 Å². The van der Waals surface area contributed by atoms with Crippen molar-refractivity contribution in [1.82, 2.24) is 14.8 Å². The summed E-state index contributed by atoms with van der Waals surface area (Å²) in [6.45, 7) is 12.9. The standard InChI is InChI=1S/C15H28N4O/c1-6-18-10-13(16)9-14(18)15(20)17-7-8-19(11(2)3)12(4)5/h9-12H,6-8,16H2,1-5H3,(H,17,20). The van der Waals surface area contributed by atoms with E-state index in [0.29, 0.717) is 30.0 Å². The minimum absolute atomic E-state index is 0.0592. The number of hydrogen-bond donors (Lipinski definition) is 2. The van der Waals surface area contributed by atoms with Crippen LogP contribution in [-0.2, 0) is 6.54 Å². The maximum Gasteiger partial charge on any atom is 0.268 e. The average Bonchev–Trinajstić information content (AvgIpc) is 2.74. The van der Waals surface area contributed by atoms with E-state index >= 15 is 0 Å². The molecule has 20 heavy (non-hydrogen) atoms. The number of carbonyl (C=O) groups is 1. The van der Waals surface area contributed by atoms with E-state index in [9.17, 15) is 4.79 Å². The number of nitrogen functional groups attached to an aromatic ring is 1. The normalized spacial score (nSPS) is 11.6. The second-order valence-electron chi connectivity index (χ2n) is 5.63. The highest BCUT2D eigenvalue weighted by Crippen LogP contribution is 2.10. The fourth-order valence-corrected chi connectivity index (χ4v) is 2.49. The molecule has 0 unspecified atom stereocenters. The van der Waals surface area contributed by atoms with Crippen LogP contribution in [0.3, 0.4) is 0 Å². The first-order chi connectivity index (χ1) is 9.36. The summed E-state index contributed by atoms with van der Waals surface area (Å²) in [6, 6.07) is 2.67. The molecular formula is C15H28N4O. The summed E-state index contributed by atoms with van der Waals surface area (Å²) in [5, 5.41) is 2.97. The molecule has 1 amide bonds. The lowest BCUT2D eigenvalue weighted by Gasteiger charge is -2.30. The molecule has 5 nitrogen and oxygen atoms in total. The van der Waals surface area contributed by atoms with E-state index in [1.165, 1.54) is 0 Å². The summed E-state index contributed by atoms with van der Waals surface area (Å²) in [7, 11) is 0. The Morgan fingerprint density at radius 2 is 1.95 bits per heavy atom. The third kappa shape index (κ3) is 4.27. The second kappa shape index (κ2) is 7.33. The van der Waals surface area contributed by atoms with Gasteiger partial charge in [0.2, 0.25) is 0 Å². The molecule has 1 rings (SSSR count). The lowest BCUT2D eigenvalue weighted by atomic mass is 10.2. The third-order valence-electron chi connectivity index (χ3n) is 3.47. The molecule has 0 saturated carbocycles. The fraction of sp³-hybridized carbons (Fsp3) is 0.667. The topological polar surface area (TPSA) is 63.3 Å². The van der Waals surface area contributed by atoms with Crippen molar-refractivity contribution in [1.29, 1.82) is 0 Å². The Morgan fingerprint density at radius 3 is 2.45 bits per heavy atom. The molecular weight excluding hydrogens is 252 g/mol. The molecule has 3 N–H and O–H groups in total. The smallest absolute Gasteiger partial charge is 0.268 e. The number of nitrogens with one attached hydrogen (secondary N) is 1. The monoisotopic (exact) mass is 280 g/mol. The summed E-state index contributed by atoms with van der Waals surface area (Å²) in [5.74, 6) is -0.0592. The van der Waals surface area contributed by atoms with Gasteiger partial charge in [0.05, 0.1) is 5.69 Å². The van der Waals surface area contributed by atoms with Crippen LogP contribution in [0.2, 0.25) is 0 Å². The molecule has 1 aromatic heterocycles. The molecule has 0 aliphatic heterocycles. The van der Waals surface area contributed by atoms with Crippen LogP contribution < -0.4 is 11.1 Å². The van der Waals surface area contributed by atoms with Crippen LogP contribution >= 0.6 is 0 Å². The Balaban J connectivity index is 2.55. The molecule has 0 fully saturated rings. The maximum atomic E-state index is 12.2. The van der Waals surface area contributed by atoms with E-state index in [2.05, 4.69) is 37.9 Å². The molecule has 1 aromatic rings. The summed E-state index contributed by atoms with van der Waals surface area (Å²) in [5.41, 5.74) is 7.00. The molecule has 0 aliphatic carbocycles. The highest BCUT2D eigenvalue weighted by molar-refractivity contribution is 5.93. The first-order valence-corrected chi connectivity index (χ1v) is 7.36. The van der Waals surface area contributed by atoms with Crippen LogP contribution in [0.15, 0.2) is 12.3 Å². The number of carbonyl (C=O) groups excluding carboxylic acids is 1. The van der Waals surface area contributed by atoms with Crippen LogP contribution in [0.25, 0.3) is 0 Å². The molecule has 0 saturated heterocycles. The van der Waals surface area contributed by atoms with Crippen molar-refractivity contribution < 1.29 is 4.79 Å². The van der Waals surface area contributed by atoms with Crippen LogP contribution in [0, 0.1) is 0 Å². The van der Waals surface area contributed by atoms with Crippen molar-refractivity contribution in [2.75, 3.05) is 18.8 Å². The summed E-state index contributed by atoms with van der Waals surface area (Å²) >= 11 is 0. The van der Waals surface area contributed by atoms with Gasteiger partial charge in [0.25, 0.3) is 5.91 Å². The lowest BCUT2D eigenvalue weighted by Crippen LogP contribution is -2.42. The number of hydrogen-bond acceptors (Lipinski definition) is 3. The quantitative estimate of drug-likeness (QED) is 0.802. The largest absolute Gasteiger partial charge is 0.397 e. The molecule has 0 bridgehead atoms. The van der Waals surface area contributed by atoms with Gasteiger partial charge in [-0.25, -0.2) is 0 Å². The van der Waals surface area contributed by atoms with Gasteiger partial charge in [-0.05, 0) is 40.7 Å². The SMILES string of the molecule is CCn1cc(N)cc1C(=O)NCCN(C(C)C)C(C)C. The number of amides is 1. The van der Waals surface area contributed by atoms with E-state index in [1.54, 1.807) is 12.3 Å². The first kappa shape index (κ1) is 16.6. The maximum absolute atomic E-state index is 12.2. The zero-order valence-electron chi connectivity index (χ0n) is 13.3. The van der Waals surface area contributed by atoms with Crippen LogP contribution in [0.4, 0.5) is 5.69 Å². The molecule has 0 aromatic carbocycles. The molecule has 5 heteroatoms. The van der Waals surface area contributed by atoms with Crippen molar-refractivity contribution in [2.45, 2.75) is 53.2 Å². The summed E-state index contributed by atoms with van der Waals surface area (Å²) < 4.78 is 1.87. The number of rotatable bonds is 7. The van der Waals surface area contributed by atoms with E-state index in [-0.39, 0.29) is 5.91 Å². The zero-order valence-corrected chi connectivity index (χ0v) is 13.3. The average molecular weight is 280 g/mol. The summed E-state index contributed by atoms with van der Waals surface area (Å²) in [6.07, 6.45) is 1.80. The van der Waals surface area contributed by atoms with E-state index in [1.807, 2.05) is 11.5 Å². The van der Waals surface area contributed by atoms with Crippen LogP contribution in [0.5, 0.6) is 0 Å². The van der Waals surface area contributed by atoms with Crippen molar-refractivity contribution in [3.8, 4) is 0 Å². The minimum Gasteiger partial charge on any atom is -0.397 e. The highest BCUT2D eigenvalue weighted by atomic mass is 16.1. The van der Waals surface area contributed by atoms with E-state index < -0.39 is 0 Å². The Morgan fingerprint density at radius 1 is 1.35 bits per heavy atom. The van der Waals surface area contributed by atoms with Gasteiger partial charge in [0, 0.05) is 37.9 Å². The predicted molar refractivity (Wildman–Crippen MR) is 83.8 cm³/mol. The van der Waals surface area contributed by atoms with Crippen molar-refractivity contribution in [3.63, 3.8) is 0 Å². The Kier molecular flexibility index (Phi) is 6.07. The van der Waals surface area contributed by atoms with E-state index in [0.717, 1.165) is 13.1 Å². The number of aryl methyl sites for hydroxylation is 1. The fourth-order valence-electron chi connectivity index (χ4n) is 2.49. The second-order valence-corrected chi connectivity index (χ2v) is 5.63. The molecule has 1 heterocycles. The van der Waals surface area contributed by atoms with Gasteiger partial charge in [0.15, 0.2) is 0 Å². The zero-order chi connectivity index (χ0) is 15.3. The van der Waals surface area contributed by atoms with Gasteiger partial charge in [0.1, 0.15) is 5.69 Å². The lowest BCUT2D eigenvalue weighted by molar-refractivity contribution is 0.0930. The van der Waals surface area contributed by atoms with Crippen molar-refractivity contribution in [3.05, 3.63) is 18.0 Å². The number of aromatic nitrogens is 1. The number of nitrogens with two attached hydrogens (primary N) is 1. The van der Waals surface area contributed by atoms with Gasteiger partial charge >= 0.3 is 0 Å². The van der Waals surface area contributed by atoms with Crippen LogP contribution in [0.1, 0.15) is 45.1 Å². The van der Waals surface area contributed by atoms with Gasteiger partial charge < -0.3 is 15.6 Å². The predicted octanol–water partition coefficient (Wildman–Crippen LogP) is 1.94. The third-order valence-corrected chi connectivity index (χ3v) is 3.47. The Hall–Kier alpha value is -1.49. The first-order valence-electron chi connectivity index (χ1n) is 7.36. The Labute approximate surface area is 122 Å². The molecule has 0 spiro atoms. The molecule has 0 atom stereocenters. The van der Waals surface area contributed by atoms with Crippen molar-refractivity contribution >= 4 is 11.6 Å². The number of nitrogens with zero attached hydrogens (tertiary/aromatic N) is 2. The van der Waals surface area contributed by atoms with Gasteiger partial charge in [-0.15, -0.1) is 0 Å². The van der Waals surface area contributed by atoms with Gasteiger partial charge in [-0.2, -0.15) is 0 Å². The van der Waals surface area contributed by atoms with Gasteiger partial charge in [-0.1, -0.05) is 0 Å². The molecule has 0 radical (unpaired) electrons.